The Kier molecular flexibility index (Phi) is 4.90. The number of hydrogen-bond donors (Lipinski definition) is 2. The number of nitrogens with two attached hydrogens (primary N) is 1. The normalized spacial score (nSPS) is 14.6. The summed E-state index contributed by atoms with van der Waals surface area (Å²) in [6.45, 7) is 1.48. The minimum atomic E-state index is 0.510. The van der Waals surface area contributed by atoms with E-state index >= 15 is 0 Å². The van der Waals surface area contributed by atoms with Gasteiger partial charge in [0.15, 0.2) is 0 Å². The molecule has 116 valence electrons. The maximum Gasteiger partial charge on any atom is 0.132 e. The molecule has 0 radical (unpaired) electrons. The highest BCUT2D eigenvalue weighted by Crippen LogP contribution is 2.36. The predicted molar refractivity (Wildman–Crippen MR) is 91.2 cm³/mol. The summed E-state index contributed by atoms with van der Waals surface area (Å²) in [4.78, 5) is 9.37. The van der Waals surface area contributed by atoms with Gasteiger partial charge in [0.05, 0.1) is 17.6 Å². The standard InChI is InChI=1S/C17H21ClN4/c18-14-7-2-6-13(10-14)16-15(20-9-3-8-19)11-21-17(22-16)12-4-1-5-12/h2,6-7,10-12,20H,1,3-5,8-9,19H2. The number of hydrogen-bond acceptors (Lipinski definition) is 4. The Labute approximate surface area is 136 Å². The highest BCUT2D eigenvalue weighted by atomic mass is 35.5. The Hall–Kier alpha value is -1.65. The van der Waals surface area contributed by atoms with E-state index in [-0.39, 0.29) is 0 Å². The summed E-state index contributed by atoms with van der Waals surface area (Å²) in [5.41, 5.74) is 8.45. The first-order valence-electron chi connectivity index (χ1n) is 7.85. The molecule has 3 rings (SSSR count). The number of aromatic nitrogens is 2. The largest absolute Gasteiger partial charge is 0.382 e. The first-order chi connectivity index (χ1) is 10.8. The highest BCUT2D eigenvalue weighted by molar-refractivity contribution is 6.30. The topological polar surface area (TPSA) is 63.8 Å². The van der Waals surface area contributed by atoms with E-state index in [0.29, 0.717) is 17.5 Å². The van der Waals surface area contributed by atoms with Crippen molar-refractivity contribution in [2.24, 2.45) is 5.73 Å². The second-order valence-corrected chi connectivity index (χ2v) is 6.13. The molecule has 0 amide bonds. The van der Waals surface area contributed by atoms with Gasteiger partial charge in [0.25, 0.3) is 0 Å². The van der Waals surface area contributed by atoms with E-state index in [4.69, 9.17) is 22.3 Å². The van der Waals surface area contributed by atoms with Crippen LogP contribution < -0.4 is 11.1 Å². The molecule has 5 heteroatoms. The van der Waals surface area contributed by atoms with Gasteiger partial charge < -0.3 is 11.1 Å². The number of rotatable bonds is 6. The first-order valence-corrected chi connectivity index (χ1v) is 8.22. The zero-order valence-electron chi connectivity index (χ0n) is 12.6. The Morgan fingerprint density at radius 3 is 2.86 bits per heavy atom. The van der Waals surface area contributed by atoms with E-state index < -0.39 is 0 Å². The molecule has 2 aromatic rings. The van der Waals surface area contributed by atoms with Crippen molar-refractivity contribution in [1.82, 2.24) is 9.97 Å². The fraction of sp³-hybridized carbons (Fsp3) is 0.412. The number of nitrogens with one attached hydrogen (secondary N) is 1. The Morgan fingerprint density at radius 1 is 1.32 bits per heavy atom. The van der Waals surface area contributed by atoms with Crippen molar-refractivity contribution in [2.75, 3.05) is 18.4 Å². The summed E-state index contributed by atoms with van der Waals surface area (Å²) >= 11 is 6.13. The lowest BCUT2D eigenvalue weighted by atomic mass is 9.85. The molecule has 1 aliphatic carbocycles. The van der Waals surface area contributed by atoms with Crippen molar-refractivity contribution in [3.63, 3.8) is 0 Å². The zero-order chi connectivity index (χ0) is 15.4. The Bertz CT molecular complexity index is 640. The summed E-state index contributed by atoms with van der Waals surface area (Å²) in [5.74, 6) is 1.46. The average Bonchev–Trinajstić information content (AvgIpc) is 2.47. The van der Waals surface area contributed by atoms with E-state index in [1.165, 1.54) is 19.3 Å². The van der Waals surface area contributed by atoms with Gasteiger partial charge in [0, 0.05) is 23.0 Å². The van der Waals surface area contributed by atoms with Gasteiger partial charge in [-0.25, -0.2) is 9.97 Å². The predicted octanol–water partition coefficient (Wildman–Crippen LogP) is 3.83. The molecule has 0 aliphatic heterocycles. The van der Waals surface area contributed by atoms with Crippen LogP contribution in [0.25, 0.3) is 11.3 Å². The second-order valence-electron chi connectivity index (χ2n) is 5.70. The van der Waals surface area contributed by atoms with E-state index in [1.807, 2.05) is 30.5 Å². The molecule has 1 heterocycles. The van der Waals surface area contributed by atoms with Crippen LogP contribution in [0, 0.1) is 0 Å². The Morgan fingerprint density at radius 2 is 2.18 bits per heavy atom. The van der Waals surface area contributed by atoms with E-state index in [9.17, 15) is 0 Å². The SMILES string of the molecule is NCCCNc1cnc(C2CCC2)nc1-c1cccc(Cl)c1. The van der Waals surface area contributed by atoms with Crippen LogP contribution in [0.4, 0.5) is 5.69 Å². The Balaban J connectivity index is 1.94. The number of nitrogens with zero attached hydrogens (tertiary/aromatic N) is 2. The van der Waals surface area contributed by atoms with Gasteiger partial charge in [0.1, 0.15) is 5.82 Å². The molecule has 0 unspecified atom stereocenters. The summed E-state index contributed by atoms with van der Waals surface area (Å²) in [7, 11) is 0. The minimum Gasteiger partial charge on any atom is -0.382 e. The zero-order valence-corrected chi connectivity index (χ0v) is 13.3. The minimum absolute atomic E-state index is 0.510. The molecule has 22 heavy (non-hydrogen) atoms. The molecule has 0 saturated heterocycles. The van der Waals surface area contributed by atoms with Gasteiger partial charge >= 0.3 is 0 Å². The van der Waals surface area contributed by atoms with Gasteiger partial charge in [-0.05, 0) is 37.9 Å². The molecule has 1 fully saturated rings. The van der Waals surface area contributed by atoms with Crippen LogP contribution in [0.15, 0.2) is 30.5 Å². The second kappa shape index (κ2) is 7.07. The third kappa shape index (κ3) is 3.39. The number of halogens is 1. The fourth-order valence-electron chi connectivity index (χ4n) is 2.57. The molecule has 0 bridgehead atoms. The quantitative estimate of drug-likeness (QED) is 0.795. The molecule has 1 aromatic carbocycles. The maximum absolute atomic E-state index is 6.13. The molecular formula is C17H21ClN4. The van der Waals surface area contributed by atoms with Crippen molar-refractivity contribution in [3.05, 3.63) is 41.3 Å². The van der Waals surface area contributed by atoms with Gasteiger partial charge in [-0.3, -0.25) is 0 Å². The van der Waals surface area contributed by atoms with Gasteiger partial charge in [-0.15, -0.1) is 0 Å². The van der Waals surface area contributed by atoms with Gasteiger partial charge in [-0.2, -0.15) is 0 Å². The van der Waals surface area contributed by atoms with Gasteiger partial charge in [-0.1, -0.05) is 30.2 Å². The van der Waals surface area contributed by atoms with E-state index in [0.717, 1.165) is 35.7 Å². The van der Waals surface area contributed by atoms with Crippen LogP contribution in [0.1, 0.15) is 37.4 Å². The van der Waals surface area contributed by atoms with Crippen molar-refractivity contribution in [3.8, 4) is 11.3 Å². The molecule has 0 atom stereocenters. The molecular weight excluding hydrogens is 296 g/mol. The third-order valence-electron chi connectivity index (χ3n) is 4.07. The summed E-state index contributed by atoms with van der Waals surface area (Å²) in [6.07, 6.45) is 6.47. The molecule has 3 N–H and O–H groups in total. The van der Waals surface area contributed by atoms with Gasteiger partial charge in [0.2, 0.25) is 0 Å². The van der Waals surface area contributed by atoms with E-state index in [2.05, 4.69) is 10.3 Å². The van der Waals surface area contributed by atoms with E-state index in [1.54, 1.807) is 0 Å². The van der Waals surface area contributed by atoms with Crippen LogP contribution in [-0.4, -0.2) is 23.1 Å². The molecule has 1 aromatic heterocycles. The first kappa shape index (κ1) is 15.3. The van der Waals surface area contributed by atoms with Crippen LogP contribution in [0.5, 0.6) is 0 Å². The third-order valence-corrected chi connectivity index (χ3v) is 4.31. The maximum atomic E-state index is 6.13. The smallest absolute Gasteiger partial charge is 0.132 e. The summed E-state index contributed by atoms with van der Waals surface area (Å²) in [6, 6.07) is 7.81. The highest BCUT2D eigenvalue weighted by Gasteiger charge is 2.23. The molecule has 1 saturated carbocycles. The van der Waals surface area contributed by atoms with Crippen LogP contribution >= 0.6 is 11.6 Å². The summed E-state index contributed by atoms with van der Waals surface area (Å²) < 4.78 is 0. The van der Waals surface area contributed by atoms with Crippen molar-refractivity contribution in [1.29, 1.82) is 0 Å². The van der Waals surface area contributed by atoms with Crippen molar-refractivity contribution >= 4 is 17.3 Å². The average molecular weight is 317 g/mol. The van der Waals surface area contributed by atoms with Crippen LogP contribution in [0.2, 0.25) is 5.02 Å². The number of benzene rings is 1. The van der Waals surface area contributed by atoms with Crippen LogP contribution in [0.3, 0.4) is 0 Å². The summed E-state index contributed by atoms with van der Waals surface area (Å²) in [5, 5.41) is 4.10. The van der Waals surface area contributed by atoms with Crippen molar-refractivity contribution in [2.45, 2.75) is 31.6 Å². The van der Waals surface area contributed by atoms with Crippen LogP contribution in [-0.2, 0) is 0 Å². The monoisotopic (exact) mass is 316 g/mol. The van der Waals surface area contributed by atoms with Crippen molar-refractivity contribution < 1.29 is 0 Å². The molecule has 0 spiro atoms. The number of anilines is 1. The lowest BCUT2D eigenvalue weighted by Gasteiger charge is -2.24. The lowest BCUT2D eigenvalue weighted by molar-refractivity contribution is 0.402. The fourth-order valence-corrected chi connectivity index (χ4v) is 2.76. The lowest BCUT2D eigenvalue weighted by Crippen LogP contribution is -2.15. The molecule has 1 aliphatic rings. The molecule has 4 nitrogen and oxygen atoms in total.